The van der Waals surface area contributed by atoms with E-state index in [1.807, 2.05) is 18.4 Å². The van der Waals surface area contributed by atoms with Crippen molar-refractivity contribution in [3.05, 3.63) is 45.6 Å². The van der Waals surface area contributed by atoms with E-state index in [2.05, 4.69) is 10.0 Å². The number of benzene rings is 1. The highest BCUT2D eigenvalue weighted by Gasteiger charge is 2.20. The van der Waals surface area contributed by atoms with Crippen LogP contribution in [0.3, 0.4) is 0 Å². The second kappa shape index (κ2) is 7.12. The fourth-order valence-electron chi connectivity index (χ4n) is 1.99. The molecule has 2 rings (SSSR count). The maximum Gasteiger partial charge on any atom is 0.251 e. The predicted molar refractivity (Wildman–Crippen MR) is 89.5 cm³/mol. The molecule has 1 aromatic heterocycles. The largest absolute Gasteiger partial charge is 0.495 e. The Hall–Kier alpha value is -1.90. The zero-order valence-corrected chi connectivity index (χ0v) is 14.7. The number of thiophene rings is 1. The quantitative estimate of drug-likeness (QED) is 0.830. The van der Waals surface area contributed by atoms with E-state index in [-0.39, 0.29) is 22.1 Å². The van der Waals surface area contributed by atoms with Crippen LogP contribution in [0.5, 0.6) is 5.75 Å². The lowest BCUT2D eigenvalue weighted by Crippen LogP contribution is -2.24. The molecule has 0 saturated heterocycles. The number of methoxy groups -OCH3 is 1. The van der Waals surface area contributed by atoms with Gasteiger partial charge in [0.05, 0.1) is 13.7 Å². The molecule has 124 valence electrons. The van der Waals surface area contributed by atoms with Gasteiger partial charge in [-0.15, -0.1) is 11.3 Å². The predicted octanol–water partition coefficient (Wildman–Crippen LogP) is 1.90. The molecule has 0 aliphatic rings. The number of amides is 1. The molecule has 0 saturated carbocycles. The van der Waals surface area contributed by atoms with E-state index in [4.69, 9.17) is 4.74 Å². The van der Waals surface area contributed by atoms with Crippen LogP contribution in [-0.4, -0.2) is 28.5 Å². The highest BCUT2D eigenvalue weighted by Crippen LogP contribution is 2.24. The lowest BCUT2D eigenvalue weighted by Gasteiger charge is -2.11. The summed E-state index contributed by atoms with van der Waals surface area (Å²) in [6.45, 7) is 2.38. The lowest BCUT2D eigenvalue weighted by atomic mass is 10.2. The van der Waals surface area contributed by atoms with Crippen LogP contribution in [0.2, 0.25) is 0 Å². The number of carbonyl (C=O) groups is 1. The third kappa shape index (κ3) is 3.90. The van der Waals surface area contributed by atoms with E-state index in [9.17, 15) is 13.2 Å². The Morgan fingerprint density at radius 3 is 2.61 bits per heavy atom. The van der Waals surface area contributed by atoms with E-state index in [0.717, 1.165) is 10.4 Å². The summed E-state index contributed by atoms with van der Waals surface area (Å²) in [7, 11) is -1.03. The molecule has 23 heavy (non-hydrogen) atoms. The number of hydrogen-bond donors (Lipinski definition) is 2. The first kappa shape index (κ1) is 17.5. The van der Waals surface area contributed by atoms with E-state index >= 15 is 0 Å². The van der Waals surface area contributed by atoms with Crippen LogP contribution in [0.1, 0.15) is 20.8 Å². The molecule has 1 aromatic carbocycles. The normalized spacial score (nSPS) is 11.3. The van der Waals surface area contributed by atoms with Crippen molar-refractivity contribution in [2.45, 2.75) is 18.4 Å². The third-order valence-electron chi connectivity index (χ3n) is 3.36. The molecule has 0 fully saturated rings. The van der Waals surface area contributed by atoms with Crippen molar-refractivity contribution in [1.82, 2.24) is 10.0 Å². The van der Waals surface area contributed by atoms with E-state index < -0.39 is 10.0 Å². The van der Waals surface area contributed by atoms with Crippen molar-refractivity contribution in [3.8, 4) is 5.75 Å². The molecule has 0 atom stereocenters. The van der Waals surface area contributed by atoms with Gasteiger partial charge in [0.2, 0.25) is 10.0 Å². The number of carbonyl (C=O) groups excluding carboxylic acids is 1. The average molecular weight is 354 g/mol. The fourth-order valence-corrected chi connectivity index (χ4v) is 3.75. The standard InChI is InChI=1S/C15H18N2O4S2/c1-10-6-7-22-13(10)9-17-15(18)11-4-5-12(21-3)14(8-11)23(19,20)16-2/h4-8,16H,9H2,1-3H3,(H,17,18). The Labute approximate surface area is 139 Å². The zero-order valence-electron chi connectivity index (χ0n) is 13.0. The Kier molecular flexibility index (Phi) is 5.40. The number of ether oxygens (including phenoxy) is 1. The molecular weight excluding hydrogens is 336 g/mol. The van der Waals surface area contributed by atoms with Crippen LogP contribution in [0.15, 0.2) is 34.5 Å². The van der Waals surface area contributed by atoms with Gasteiger partial charge < -0.3 is 10.1 Å². The maximum atomic E-state index is 12.3. The van der Waals surface area contributed by atoms with Crippen LogP contribution in [0.4, 0.5) is 0 Å². The molecular formula is C15H18N2O4S2. The van der Waals surface area contributed by atoms with Gasteiger partial charge in [-0.3, -0.25) is 4.79 Å². The van der Waals surface area contributed by atoms with E-state index in [0.29, 0.717) is 6.54 Å². The third-order valence-corrected chi connectivity index (χ3v) is 5.82. The van der Waals surface area contributed by atoms with Gasteiger partial charge in [-0.1, -0.05) is 0 Å². The Morgan fingerprint density at radius 1 is 1.30 bits per heavy atom. The maximum absolute atomic E-state index is 12.3. The summed E-state index contributed by atoms with van der Waals surface area (Å²) in [6.07, 6.45) is 0. The minimum atomic E-state index is -3.71. The molecule has 0 bridgehead atoms. The summed E-state index contributed by atoms with van der Waals surface area (Å²) < 4.78 is 31.3. The summed E-state index contributed by atoms with van der Waals surface area (Å²) in [5, 5.41) is 4.75. The van der Waals surface area contributed by atoms with Crippen LogP contribution < -0.4 is 14.8 Å². The van der Waals surface area contributed by atoms with Gasteiger partial charge in [-0.05, 0) is 49.2 Å². The van der Waals surface area contributed by atoms with Crippen LogP contribution in [-0.2, 0) is 16.6 Å². The lowest BCUT2D eigenvalue weighted by molar-refractivity contribution is 0.0951. The summed E-state index contributed by atoms with van der Waals surface area (Å²) in [6, 6.07) is 6.29. The fraction of sp³-hybridized carbons (Fsp3) is 0.267. The number of rotatable bonds is 6. The molecule has 6 nitrogen and oxygen atoms in total. The molecule has 0 aliphatic carbocycles. The molecule has 2 N–H and O–H groups in total. The minimum Gasteiger partial charge on any atom is -0.495 e. The summed E-state index contributed by atoms with van der Waals surface area (Å²) >= 11 is 1.56. The van der Waals surface area contributed by atoms with Gasteiger partial charge in [-0.2, -0.15) is 0 Å². The van der Waals surface area contributed by atoms with Gasteiger partial charge in [0.15, 0.2) is 0 Å². The summed E-state index contributed by atoms with van der Waals surface area (Å²) in [4.78, 5) is 13.3. The van der Waals surface area contributed by atoms with Crippen LogP contribution >= 0.6 is 11.3 Å². The monoisotopic (exact) mass is 354 g/mol. The molecule has 1 amide bonds. The SMILES string of the molecule is CNS(=O)(=O)c1cc(C(=O)NCc2sccc2C)ccc1OC. The Bertz CT molecular complexity index is 813. The second-order valence-electron chi connectivity index (χ2n) is 4.78. The number of aryl methyl sites for hydroxylation is 1. The topological polar surface area (TPSA) is 84.5 Å². The van der Waals surface area contributed by atoms with E-state index in [1.54, 1.807) is 11.3 Å². The zero-order chi connectivity index (χ0) is 17.0. The Balaban J connectivity index is 2.24. The molecule has 8 heteroatoms. The van der Waals surface area contributed by atoms with Gasteiger partial charge in [-0.25, -0.2) is 13.1 Å². The molecule has 0 aliphatic heterocycles. The van der Waals surface area contributed by atoms with Crippen LogP contribution in [0, 0.1) is 6.92 Å². The van der Waals surface area contributed by atoms with Crippen LogP contribution in [0.25, 0.3) is 0 Å². The van der Waals surface area contributed by atoms with Crippen molar-refractivity contribution in [2.24, 2.45) is 0 Å². The first-order valence-electron chi connectivity index (χ1n) is 6.82. The minimum absolute atomic E-state index is 0.0672. The Morgan fingerprint density at radius 2 is 2.04 bits per heavy atom. The van der Waals surface area contributed by atoms with Gasteiger partial charge >= 0.3 is 0 Å². The summed E-state index contributed by atoms with van der Waals surface area (Å²) in [5.74, 6) is -0.155. The van der Waals surface area contributed by atoms with Crippen molar-refractivity contribution >= 4 is 27.3 Å². The molecule has 0 spiro atoms. The number of hydrogen-bond acceptors (Lipinski definition) is 5. The molecule has 0 unspecified atom stereocenters. The molecule has 2 aromatic rings. The average Bonchev–Trinajstić information content (AvgIpc) is 2.97. The van der Waals surface area contributed by atoms with Gasteiger partial charge in [0.1, 0.15) is 10.6 Å². The van der Waals surface area contributed by atoms with E-state index in [1.165, 1.54) is 32.4 Å². The van der Waals surface area contributed by atoms with Gasteiger partial charge in [0.25, 0.3) is 5.91 Å². The molecule has 1 heterocycles. The number of sulfonamides is 1. The van der Waals surface area contributed by atoms with Crippen molar-refractivity contribution < 1.29 is 17.9 Å². The van der Waals surface area contributed by atoms with Crippen molar-refractivity contribution in [1.29, 1.82) is 0 Å². The van der Waals surface area contributed by atoms with Crippen molar-refractivity contribution in [3.63, 3.8) is 0 Å². The summed E-state index contributed by atoms with van der Waals surface area (Å²) in [5.41, 5.74) is 1.37. The first-order chi connectivity index (χ1) is 10.9. The van der Waals surface area contributed by atoms with Crippen molar-refractivity contribution in [2.75, 3.05) is 14.2 Å². The second-order valence-corrected chi connectivity index (χ2v) is 7.64. The number of nitrogens with one attached hydrogen (secondary N) is 2. The first-order valence-corrected chi connectivity index (χ1v) is 9.18. The smallest absolute Gasteiger partial charge is 0.251 e. The highest BCUT2D eigenvalue weighted by atomic mass is 32.2. The molecule has 0 radical (unpaired) electrons. The highest BCUT2D eigenvalue weighted by molar-refractivity contribution is 7.89. The van der Waals surface area contributed by atoms with Gasteiger partial charge in [0, 0.05) is 10.4 Å².